The molecular formula is C15H19Cl2N3O2. The first-order valence-corrected chi connectivity index (χ1v) is 7.85. The maximum atomic E-state index is 12.3. The van der Waals surface area contributed by atoms with Crippen molar-refractivity contribution >= 4 is 40.8 Å². The van der Waals surface area contributed by atoms with E-state index in [9.17, 15) is 9.59 Å². The summed E-state index contributed by atoms with van der Waals surface area (Å²) >= 11 is 11.8. The Morgan fingerprint density at radius 1 is 1.14 bits per heavy atom. The van der Waals surface area contributed by atoms with E-state index in [0.717, 1.165) is 0 Å². The second-order valence-electron chi connectivity index (χ2n) is 5.59. The van der Waals surface area contributed by atoms with Gasteiger partial charge in [-0.2, -0.15) is 0 Å². The van der Waals surface area contributed by atoms with Crippen LogP contribution in [0.15, 0.2) is 18.2 Å². The number of piperidine rings is 1. The highest BCUT2D eigenvalue weighted by Gasteiger charge is 2.28. The number of nitrogens with one attached hydrogen (secondary N) is 1. The fraction of sp³-hybridized carbons (Fsp3) is 0.467. The van der Waals surface area contributed by atoms with E-state index >= 15 is 0 Å². The van der Waals surface area contributed by atoms with Crippen LogP contribution in [0.1, 0.15) is 12.8 Å². The third-order valence-corrected chi connectivity index (χ3v) is 4.09. The highest BCUT2D eigenvalue weighted by molar-refractivity contribution is 6.35. The van der Waals surface area contributed by atoms with Crippen molar-refractivity contribution in [1.82, 2.24) is 9.80 Å². The number of benzene rings is 1. The molecule has 2 rings (SSSR count). The number of hydrogen-bond acceptors (Lipinski definition) is 2. The maximum Gasteiger partial charge on any atom is 0.319 e. The second-order valence-corrected chi connectivity index (χ2v) is 6.46. The van der Waals surface area contributed by atoms with Crippen molar-refractivity contribution in [2.24, 2.45) is 5.92 Å². The maximum absolute atomic E-state index is 12.3. The molecule has 0 aliphatic carbocycles. The molecule has 0 bridgehead atoms. The molecule has 1 N–H and O–H groups in total. The first kappa shape index (κ1) is 16.9. The Balaban J connectivity index is 1.91. The molecule has 22 heavy (non-hydrogen) atoms. The molecule has 0 saturated carbocycles. The summed E-state index contributed by atoms with van der Waals surface area (Å²) in [6.07, 6.45) is 1.30. The monoisotopic (exact) mass is 343 g/mol. The van der Waals surface area contributed by atoms with Gasteiger partial charge in [-0.15, -0.1) is 0 Å². The van der Waals surface area contributed by atoms with Crippen LogP contribution in [0.3, 0.4) is 0 Å². The summed E-state index contributed by atoms with van der Waals surface area (Å²) in [5.41, 5.74) is 0.592. The van der Waals surface area contributed by atoms with Crippen LogP contribution in [-0.4, -0.2) is 48.9 Å². The van der Waals surface area contributed by atoms with E-state index in [0.29, 0.717) is 41.7 Å². The Labute approximate surface area is 140 Å². The van der Waals surface area contributed by atoms with Gasteiger partial charge in [-0.25, -0.2) is 4.79 Å². The standard InChI is InChI=1S/C15H19Cl2N3O2/c1-19(2)15(22)20-5-3-10(4-6-20)14(21)18-13-8-11(16)7-12(17)9-13/h7-10H,3-6H2,1-2H3,(H,18,21). The SMILES string of the molecule is CN(C)C(=O)N1CCC(C(=O)Nc2cc(Cl)cc(Cl)c2)CC1. The predicted molar refractivity (Wildman–Crippen MR) is 88.5 cm³/mol. The van der Waals surface area contributed by atoms with E-state index in [1.807, 2.05) is 0 Å². The van der Waals surface area contributed by atoms with Gasteiger partial charge in [0.05, 0.1) is 0 Å². The lowest BCUT2D eigenvalue weighted by molar-refractivity contribution is -0.121. The van der Waals surface area contributed by atoms with Gasteiger partial charge >= 0.3 is 6.03 Å². The van der Waals surface area contributed by atoms with Gasteiger partial charge in [0, 0.05) is 48.8 Å². The van der Waals surface area contributed by atoms with Gasteiger partial charge < -0.3 is 15.1 Å². The summed E-state index contributed by atoms with van der Waals surface area (Å²) in [4.78, 5) is 27.5. The largest absolute Gasteiger partial charge is 0.331 e. The molecule has 0 spiro atoms. The van der Waals surface area contributed by atoms with Gasteiger partial charge in [-0.3, -0.25) is 4.79 Å². The molecule has 1 fully saturated rings. The summed E-state index contributed by atoms with van der Waals surface area (Å²) in [5, 5.41) is 3.80. The van der Waals surface area contributed by atoms with E-state index in [4.69, 9.17) is 23.2 Å². The van der Waals surface area contributed by atoms with Crippen LogP contribution in [0.5, 0.6) is 0 Å². The molecule has 0 radical (unpaired) electrons. The molecule has 1 aromatic carbocycles. The predicted octanol–water partition coefficient (Wildman–Crippen LogP) is 3.33. The second kappa shape index (κ2) is 7.20. The number of rotatable bonds is 2. The van der Waals surface area contributed by atoms with E-state index < -0.39 is 0 Å². The van der Waals surface area contributed by atoms with Gasteiger partial charge in [0.15, 0.2) is 0 Å². The average Bonchev–Trinajstić information content (AvgIpc) is 2.45. The number of nitrogens with zero attached hydrogens (tertiary/aromatic N) is 2. The van der Waals surface area contributed by atoms with Gasteiger partial charge in [-0.1, -0.05) is 23.2 Å². The topological polar surface area (TPSA) is 52.7 Å². The smallest absolute Gasteiger partial charge is 0.319 e. The van der Waals surface area contributed by atoms with Crippen molar-refractivity contribution in [2.45, 2.75) is 12.8 Å². The van der Waals surface area contributed by atoms with Crippen LogP contribution < -0.4 is 5.32 Å². The Kier molecular flexibility index (Phi) is 5.53. The van der Waals surface area contributed by atoms with Gasteiger partial charge in [0.1, 0.15) is 0 Å². The van der Waals surface area contributed by atoms with Gasteiger partial charge in [0.2, 0.25) is 5.91 Å². The van der Waals surface area contributed by atoms with Crippen LogP contribution in [0.25, 0.3) is 0 Å². The van der Waals surface area contributed by atoms with Crippen LogP contribution in [0, 0.1) is 5.92 Å². The van der Waals surface area contributed by atoms with Crippen LogP contribution in [-0.2, 0) is 4.79 Å². The molecule has 1 aliphatic rings. The normalized spacial score (nSPS) is 15.5. The fourth-order valence-corrected chi connectivity index (χ4v) is 3.01. The lowest BCUT2D eigenvalue weighted by Gasteiger charge is -2.33. The molecule has 1 aliphatic heterocycles. The highest BCUT2D eigenvalue weighted by Crippen LogP contribution is 2.24. The lowest BCUT2D eigenvalue weighted by Crippen LogP contribution is -2.45. The van der Waals surface area contributed by atoms with Crippen molar-refractivity contribution in [1.29, 1.82) is 0 Å². The third-order valence-electron chi connectivity index (χ3n) is 3.65. The molecule has 0 atom stereocenters. The number of amides is 3. The minimum absolute atomic E-state index is 0.0134. The zero-order valence-corrected chi connectivity index (χ0v) is 14.1. The van der Waals surface area contributed by atoms with Crippen molar-refractivity contribution in [3.8, 4) is 0 Å². The fourth-order valence-electron chi connectivity index (χ4n) is 2.49. The van der Waals surface area contributed by atoms with E-state index in [-0.39, 0.29) is 17.9 Å². The summed E-state index contributed by atoms with van der Waals surface area (Å²) in [6.45, 7) is 1.18. The van der Waals surface area contributed by atoms with Crippen molar-refractivity contribution < 1.29 is 9.59 Å². The Morgan fingerprint density at radius 2 is 1.68 bits per heavy atom. The molecule has 1 heterocycles. The van der Waals surface area contributed by atoms with Crippen molar-refractivity contribution in [3.05, 3.63) is 28.2 Å². The number of likely N-dealkylation sites (tertiary alicyclic amines) is 1. The molecule has 1 saturated heterocycles. The first-order valence-electron chi connectivity index (χ1n) is 7.10. The molecule has 5 nitrogen and oxygen atoms in total. The van der Waals surface area contributed by atoms with Gasteiger partial charge in [0.25, 0.3) is 0 Å². The summed E-state index contributed by atoms with van der Waals surface area (Å²) in [5.74, 6) is -0.167. The minimum Gasteiger partial charge on any atom is -0.331 e. The highest BCUT2D eigenvalue weighted by atomic mass is 35.5. The molecule has 7 heteroatoms. The molecular weight excluding hydrogens is 325 g/mol. The third kappa shape index (κ3) is 4.27. The van der Waals surface area contributed by atoms with Gasteiger partial charge in [-0.05, 0) is 31.0 Å². The average molecular weight is 344 g/mol. The van der Waals surface area contributed by atoms with E-state index in [1.165, 1.54) is 0 Å². The lowest BCUT2D eigenvalue weighted by atomic mass is 9.96. The first-order chi connectivity index (χ1) is 10.4. The van der Waals surface area contributed by atoms with E-state index in [2.05, 4.69) is 5.32 Å². The van der Waals surface area contributed by atoms with Crippen molar-refractivity contribution in [2.75, 3.05) is 32.5 Å². The number of anilines is 1. The Morgan fingerprint density at radius 3 is 2.18 bits per heavy atom. The van der Waals surface area contributed by atoms with E-state index in [1.54, 1.807) is 42.1 Å². The summed E-state index contributed by atoms with van der Waals surface area (Å²) in [6, 6.07) is 4.93. The zero-order valence-electron chi connectivity index (χ0n) is 12.6. The number of urea groups is 1. The molecule has 120 valence electrons. The zero-order chi connectivity index (χ0) is 16.3. The van der Waals surface area contributed by atoms with Crippen molar-refractivity contribution in [3.63, 3.8) is 0 Å². The van der Waals surface area contributed by atoms with Crippen LogP contribution in [0.4, 0.5) is 10.5 Å². The Hall–Kier alpha value is -1.46. The minimum atomic E-state index is -0.107. The Bertz CT molecular complexity index is 550. The summed E-state index contributed by atoms with van der Waals surface area (Å²) < 4.78 is 0. The number of hydrogen-bond donors (Lipinski definition) is 1. The number of halogens is 2. The molecule has 1 aromatic rings. The van der Waals surface area contributed by atoms with Crippen LogP contribution in [0.2, 0.25) is 10.0 Å². The molecule has 3 amide bonds. The molecule has 0 unspecified atom stereocenters. The summed E-state index contributed by atoms with van der Waals surface area (Å²) in [7, 11) is 3.45. The molecule has 0 aromatic heterocycles. The number of carbonyl (C=O) groups excluding carboxylic acids is 2. The van der Waals surface area contributed by atoms with Crippen LogP contribution >= 0.6 is 23.2 Å². The quantitative estimate of drug-likeness (QED) is 0.895. The number of carbonyl (C=O) groups is 2.